The van der Waals surface area contributed by atoms with Crippen LogP contribution in [0.1, 0.15) is 34.7 Å². The van der Waals surface area contributed by atoms with E-state index < -0.39 is 0 Å². The van der Waals surface area contributed by atoms with Crippen LogP contribution in [0.25, 0.3) is 0 Å². The number of aryl methyl sites for hydroxylation is 1. The second-order valence-corrected chi connectivity index (χ2v) is 6.41. The lowest BCUT2D eigenvalue weighted by Gasteiger charge is -2.13. The van der Waals surface area contributed by atoms with Crippen LogP contribution in [-0.2, 0) is 13.0 Å². The highest BCUT2D eigenvalue weighted by molar-refractivity contribution is 9.10. The first-order valence-corrected chi connectivity index (χ1v) is 8.15. The van der Waals surface area contributed by atoms with Crippen LogP contribution in [0.2, 0.25) is 0 Å². The Balaban J connectivity index is 1.73. The maximum Gasteiger partial charge on any atom is 0.120 e. The van der Waals surface area contributed by atoms with Crippen molar-refractivity contribution in [2.75, 3.05) is 7.05 Å². The molecule has 21 heavy (non-hydrogen) atoms. The minimum atomic E-state index is 0.501. The van der Waals surface area contributed by atoms with Crippen molar-refractivity contribution in [3.63, 3.8) is 0 Å². The Morgan fingerprint density at radius 3 is 2.95 bits per heavy atom. The van der Waals surface area contributed by atoms with Crippen LogP contribution in [0.15, 0.2) is 40.9 Å². The van der Waals surface area contributed by atoms with Gasteiger partial charge in [0.2, 0.25) is 0 Å². The lowest BCUT2D eigenvalue weighted by Crippen LogP contribution is -2.12. The molecule has 0 radical (unpaired) electrons. The molecule has 1 aliphatic rings. The molecule has 2 aromatic rings. The van der Waals surface area contributed by atoms with E-state index in [-0.39, 0.29) is 0 Å². The van der Waals surface area contributed by atoms with Gasteiger partial charge in [0.05, 0.1) is 0 Å². The van der Waals surface area contributed by atoms with Gasteiger partial charge in [0.25, 0.3) is 0 Å². The molecule has 0 saturated carbocycles. The number of benzene rings is 2. The van der Waals surface area contributed by atoms with Gasteiger partial charge in [-0.2, -0.15) is 0 Å². The summed E-state index contributed by atoms with van der Waals surface area (Å²) in [5.74, 6) is 0.963. The number of halogens is 1. The van der Waals surface area contributed by atoms with E-state index in [1.807, 2.05) is 7.05 Å². The molecule has 110 valence electrons. The van der Waals surface area contributed by atoms with Crippen LogP contribution in [0, 0.1) is 6.92 Å². The SMILES string of the molecule is CNC1CCc2cc(OCc3cccc(Br)c3C)ccc21. The third kappa shape index (κ3) is 2.99. The monoisotopic (exact) mass is 345 g/mol. The first-order chi connectivity index (χ1) is 10.2. The van der Waals surface area contributed by atoms with Gasteiger partial charge in [-0.05, 0) is 67.3 Å². The maximum atomic E-state index is 5.98. The lowest BCUT2D eigenvalue weighted by atomic mass is 10.1. The molecular weight excluding hydrogens is 326 g/mol. The first kappa shape index (κ1) is 14.6. The predicted molar refractivity (Wildman–Crippen MR) is 89.8 cm³/mol. The van der Waals surface area contributed by atoms with Gasteiger partial charge >= 0.3 is 0 Å². The zero-order valence-corrected chi connectivity index (χ0v) is 14.0. The number of ether oxygens (including phenoxy) is 1. The summed E-state index contributed by atoms with van der Waals surface area (Å²) in [6.07, 6.45) is 2.31. The summed E-state index contributed by atoms with van der Waals surface area (Å²) in [6.45, 7) is 2.72. The Labute approximate surface area is 134 Å². The zero-order chi connectivity index (χ0) is 14.8. The first-order valence-electron chi connectivity index (χ1n) is 7.36. The van der Waals surface area contributed by atoms with Crippen molar-refractivity contribution in [2.24, 2.45) is 0 Å². The summed E-state index contributed by atoms with van der Waals surface area (Å²) in [7, 11) is 2.03. The van der Waals surface area contributed by atoms with Crippen LogP contribution in [0.4, 0.5) is 0 Å². The van der Waals surface area contributed by atoms with E-state index in [0.29, 0.717) is 12.6 Å². The predicted octanol–water partition coefficient (Wildman–Crippen LogP) is 4.54. The molecule has 0 heterocycles. The van der Waals surface area contributed by atoms with Gasteiger partial charge in [0.15, 0.2) is 0 Å². The molecule has 0 aliphatic heterocycles. The second-order valence-electron chi connectivity index (χ2n) is 5.55. The Bertz CT molecular complexity index is 654. The maximum absolute atomic E-state index is 5.98. The summed E-state index contributed by atoms with van der Waals surface area (Å²) >= 11 is 3.56. The van der Waals surface area contributed by atoms with E-state index in [4.69, 9.17) is 4.74 Å². The minimum absolute atomic E-state index is 0.501. The second kappa shape index (κ2) is 6.20. The third-order valence-electron chi connectivity index (χ3n) is 4.31. The van der Waals surface area contributed by atoms with Gasteiger partial charge in [0, 0.05) is 10.5 Å². The average molecular weight is 346 g/mol. The minimum Gasteiger partial charge on any atom is -0.489 e. The number of hydrogen-bond donors (Lipinski definition) is 1. The van der Waals surface area contributed by atoms with Gasteiger partial charge in [0.1, 0.15) is 12.4 Å². The van der Waals surface area contributed by atoms with Gasteiger partial charge in [-0.15, -0.1) is 0 Å². The van der Waals surface area contributed by atoms with E-state index in [1.54, 1.807) is 0 Å². The number of fused-ring (bicyclic) bond motifs is 1. The quantitative estimate of drug-likeness (QED) is 0.877. The highest BCUT2D eigenvalue weighted by Gasteiger charge is 2.21. The number of hydrogen-bond acceptors (Lipinski definition) is 2. The molecule has 0 fully saturated rings. The fraction of sp³-hybridized carbons (Fsp3) is 0.333. The van der Waals surface area contributed by atoms with Crippen LogP contribution in [0.3, 0.4) is 0 Å². The average Bonchev–Trinajstić information content (AvgIpc) is 2.91. The molecule has 0 saturated heterocycles. The largest absolute Gasteiger partial charge is 0.489 e. The van der Waals surface area contributed by atoms with Gasteiger partial charge in [-0.1, -0.05) is 34.1 Å². The number of rotatable bonds is 4. The lowest BCUT2D eigenvalue weighted by molar-refractivity contribution is 0.305. The fourth-order valence-corrected chi connectivity index (χ4v) is 3.36. The van der Waals surface area contributed by atoms with E-state index in [1.165, 1.54) is 28.7 Å². The van der Waals surface area contributed by atoms with Crippen molar-refractivity contribution in [2.45, 2.75) is 32.4 Å². The topological polar surface area (TPSA) is 21.3 Å². The Kier molecular flexibility index (Phi) is 4.32. The van der Waals surface area contributed by atoms with Crippen LogP contribution < -0.4 is 10.1 Å². The number of nitrogens with one attached hydrogen (secondary N) is 1. The fourth-order valence-electron chi connectivity index (χ4n) is 2.95. The molecule has 0 aromatic heterocycles. The molecule has 1 N–H and O–H groups in total. The summed E-state index contributed by atoms with van der Waals surface area (Å²) in [4.78, 5) is 0. The van der Waals surface area contributed by atoms with Gasteiger partial charge < -0.3 is 10.1 Å². The molecule has 0 spiro atoms. The summed E-state index contributed by atoms with van der Waals surface area (Å²) < 4.78 is 7.11. The van der Waals surface area contributed by atoms with Crippen molar-refractivity contribution >= 4 is 15.9 Å². The van der Waals surface area contributed by atoms with Gasteiger partial charge in [-0.3, -0.25) is 0 Å². The highest BCUT2D eigenvalue weighted by atomic mass is 79.9. The van der Waals surface area contributed by atoms with Crippen LogP contribution in [0.5, 0.6) is 5.75 Å². The molecule has 1 unspecified atom stereocenters. The molecule has 2 nitrogen and oxygen atoms in total. The van der Waals surface area contributed by atoms with E-state index >= 15 is 0 Å². The van der Waals surface area contributed by atoms with Crippen molar-refractivity contribution in [3.05, 3.63) is 63.1 Å². The third-order valence-corrected chi connectivity index (χ3v) is 5.17. The standard InChI is InChI=1S/C18H20BrNO/c1-12-14(4-3-5-17(12)19)11-21-15-7-8-16-13(10-15)6-9-18(16)20-2/h3-5,7-8,10,18,20H,6,9,11H2,1-2H3. The normalized spacial score (nSPS) is 16.8. The summed E-state index contributed by atoms with van der Waals surface area (Å²) in [5.41, 5.74) is 5.30. The van der Waals surface area contributed by atoms with E-state index in [2.05, 4.69) is 64.6 Å². The van der Waals surface area contributed by atoms with Crippen molar-refractivity contribution in [3.8, 4) is 5.75 Å². The smallest absolute Gasteiger partial charge is 0.120 e. The molecule has 1 atom stereocenters. The molecule has 0 amide bonds. The van der Waals surface area contributed by atoms with Crippen molar-refractivity contribution in [1.29, 1.82) is 0 Å². The van der Waals surface area contributed by atoms with Crippen LogP contribution >= 0.6 is 15.9 Å². The zero-order valence-electron chi connectivity index (χ0n) is 12.4. The summed E-state index contributed by atoms with van der Waals surface area (Å²) in [5, 5.41) is 3.37. The Morgan fingerprint density at radius 2 is 2.14 bits per heavy atom. The Hall–Kier alpha value is -1.32. The molecule has 0 bridgehead atoms. The Morgan fingerprint density at radius 1 is 1.29 bits per heavy atom. The molecule has 3 rings (SSSR count). The van der Waals surface area contributed by atoms with Crippen molar-refractivity contribution in [1.82, 2.24) is 5.32 Å². The summed E-state index contributed by atoms with van der Waals surface area (Å²) in [6, 6.07) is 13.2. The van der Waals surface area contributed by atoms with Gasteiger partial charge in [-0.25, -0.2) is 0 Å². The van der Waals surface area contributed by atoms with Crippen molar-refractivity contribution < 1.29 is 4.74 Å². The van der Waals surface area contributed by atoms with E-state index in [0.717, 1.165) is 16.6 Å². The van der Waals surface area contributed by atoms with E-state index in [9.17, 15) is 0 Å². The molecule has 3 heteroatoms. The highest BCUT2D eigenvalue weighted by Crippen LogP contribution is 2.33. The molecule has 2 aromatic carbocycles. The molecule has 1 aliphatic carbocycles. The molecular formula is C18H20BrNO. The van der Waals surface area contributed by atoms with Crippen LogP contribution in [-0.4, -0.2) is 7.05 Å².